The molecule has 4 nitrogen and oxygen atoms in total. The van der Waals surface area contributed by atoms with Crippen LogP contribution < -0.4 is 4.90 Å². The summed E-state index contributed by atoms with van der Waals surface area (Å²) in [5.74, 6) is 0. The highest BCUT2D eigenvalue weighted by Crippen LogP contribution is 2.63. The number of aromatic nitrogens is 1. The Morgan fingerprint density at radius 2 is 0.947 bits per heavy atom. The second kappa shape index (κ2) is 16.1. The van der Waals surface area contributed by atoms with E-state index in [-0.39, 0.29) is 0 Å². The Balaban J connectivity index is 1.07. The van der Waals surface area contributed by atoms with E-state index in [4.69, 9.17) is 8.83 Å². The van der Waals surface area contributed by atoms with Crippen molar-refractivity contribution in [3.63, 3.8) is 0 Å². The number of para-hydroxylation sites is 4. The van der Waals surface area contributed by atoms with Gasteiger partial charge in [0.05, 0.1) is 27.8 Å². The van der Waals surface area contributed by atoms with Gasteiger partial charge in [-0.2, -0.15) is 0 Å². The van der Waals surface area contributed by atoms with Crippen molar-refractivity contribution >= 4 is 93.5 Å². The average Bonchev–Trinajstić information content (AvgIpc) is 4.41. The summed E-state index contributed by atoms with van der Waals surface area (Å²) >= 11 is 0. The highest BCUT2D eigenvalue weighted by atomic mass is 16.3. The van der Waals surface area contributed by atoms with E-state index in [1.807, 2.05) is 0 Å². The molecule has 0 aliphatic heterocycles. The Labute approximate surface area is 432 Å². The minimum atomic E-state index is -0.775. The standard InChI is InChI=1S/C71H44N2O2/c1-4-21-49(22-5-1)71(50-23-6-2-7-24-50)57-42-41-54-53-27-13-16-33-63(53)74-69(54)68(57)67-58(71)44-62(70-66(67)56-29-14-17-34-64(56)75-70)73(52-39-37-46(38-40-52)48-36-35-45-19-10-11-20-47(45)43-48)61-32-18-31-60-65(61)55-28-12-15-30-59(55)72(60)51-25-8-3-9-26-51/h1-44H. The minimum absolute atomic E-state index is 0.775. The quantitative estimate of drug-likeness (QED) is 0.160. The number of anilines is 3. The molecule has 0 N–H and O–H groups in total. The van der Waals surface area contributed by atoms with E-state index in [1.54, 1.807) is 0 Å². The van der Waals surface area contributed by atoms with Crippen molar-refractivity contribution in [2.45, 2.75) is 5.41 Å². The lowest BCUT2D eigenvalue weighted by Crippen LogP contribution is -2.28. The molecule has 0 saturated carbocycles. The van der Waals surface area contributed by atoms with Crippen molar-refractivity contribution in [3.05, 3.63) is 289 Å². The lowest BCUT2D eigenvalue weighted by atomic mass is 9.67. The van der Waals surface area contributed by atoms with Gasteiger partial charge < -0.3 is 18.3 Å². The molecule has 0 atom stereocenters. The third-order valence-electron chi connectivity index (χ3n) is 16.0. The third-order valence-corrected chi connectivity index (χ3v) is 16.0. The predicted octanol–water partition coefficient (Wildman–Crippen LogP) is 19.2. The number of rotatable bonds is 7. The van der Waals surface area contributed by atoms with E-state index in [0.29, 0.717) is 0 Å². The molecule has 3 aromatic heterocycles. The monoisotopic (exact) mass is 956 g/mol. The fourth-order valence-electron chi connectivity index (χ4n) is 12.9. The summed E-state index contributed by atoms with van der Waals surface area (Å²) in [5.41, 5.74) is 18.1. The van der Waals surface area contributed by atoms with Crippen LogP contribution in [0.5, 0.6) is 0 Å². The molecule has 0 bridgehead atoms. The van der Waals surface area contributed by atoms with Crippen LogP contribution in [-0.2, 0) is 5.41 Å². The Morgan fingerprint density at radius 3 is 1.71 bits per heavy atom. The molecule has 350 valence electrons. The van der Waals surface area contributed by atoms with Crippen LogP contribution in [0.25, 0.3) is 104 Å². The van der Waals surface area contributed by atoms with Crippen molar-refractivity contribution in [2.24, 2.45) is 0 Å². The molecule has 15 aromatic rings. The predicted molar refractivity (Wildman–Crippen MR) is 310 cm³/mol. The molecule has 0 saturated heterocycles. The van der Waals surface area contributed by atoms with E-state index in [1.165, 1.54) is 33.0 Å². The summed E-state index contributed by atoms with van der Waals surface area (Å²) in [6, 6.07) is 97.0. The Kier molecular flexibility index (Phi) is 8.92. The molecule has 0 radical (unpaired) electrons. The molecule has 16 rings (SSSR count). The normalized spacial score (nSPS) is 12.9. The van der Waals surface area contributed by atoms with Gasteiger partial charge in [0.25, 0.3) is 0 Å². The van der Waals surface area contributed by atoms with E-state index >= 15 is 0 Å². The zero-order valence-corrected chi connectivity index (χ0v) is 40.6. The van der Waals surface area contributed by atoms with Gasteiger partial charge in [0.1, 0.15) is 16.7 Å². The molecule has 4 heteroatoms. The maximum atomic E-state index is 7.43. The van der Waals surface area contributed by atoms with E-state index < -0.39 is 5.41 Å². The molecule has 0 amide bonds. The third kappa shape index (κ3) is 5.93. The fourth-order valence-corrected chi connectivity index (χ4v) is 12.9. The first-order valence-electron chi connectivity index (χ1n) is 25.7. The highest BCUT2D eigenvalue weighted by Gasteiger charge is 2.49. The van der Waals surface area contributed by atoms with Crippen LogP contribution in [0, 0.1) is 0 Å². The SMILES string of the molecule is c1ccc(-n2c3ccccc3c3c(N(c4ccc(-c5ccc6ccccc6c5)cc4)c4cc5c(c6c4oc4ccccc46)-c4c(ccc6c4oc4ccccc46)C5(c4ccccc4)c4ccccc4)cccc32)cc1. The Hall–Kier alpha value is -9.90. The van der Waals surface area contributed by atoms with Crippen molar-refractivity contribution in [1.82, 2.24) is 4.57 Å². The van der Waals surface area contributed by atoms with E-state index in [0.717, 1.165) is 111 Å². The molecule has 0 unspecified atom stereocenters. The van der Waals surface area contributed by atoms with Crippen molar-refractivity contribution in [1.29, 1.82) is 0 Å². The molecular weight excluding hydrogens is 913 g/mol. The number of benzene rings is 12. The maximum absolute atomic E-state index is 7.43. The Morgan fingerprint density at radius 1 is 0.347 bits per heavy atom. The van der Waals surface area contributed by atoms with Crippen molar-refractivity contribution in [2.75, 3.05) is 4.90 Å². The average molecular weight is 957 g/mol. The topological polar surface area (TPSA) is 34.5 Å². The van der Waals surface area contributed by atoms with Crippen LogP contribution in [0.3, 0.4) is 0 Å². The number of fused-ring (bicyclic) bond motifs is 15. The van der Waals surface area contributed by atoms with Gasteiger partial charge >= 0.3 is 0 Å². The van der Waals surface area contributed by atoms with Gasteiger partial charge in [-0.1, -0.05) is 200 Å². The summed E-state index contributed by atoms with van der Waals surface area (Å²) in [6.07, 6.45) is 0. The lowest BCUT2D eigenvalue weighted by Gasteiger charge is -2.35. The number of furan rings is 2. The molecule has 3 heterocycles. The first-order valence-corrected chi connectivity index (χ1v) is 25.7. The first kappa shape index (κ1) is 41.7. The maximum Gasteiger partial charge on any atom is 0.160 e. The van der Waals surface area contributed by atoms with E-state index in [9.17, 15) is 0 Å². The van der Waals surface area contributed by atoms with Gasteiger partial charge in [-0.25, -0.2) is 0 Å². The van der Waals surface area contributed by atoms with Gasteiger partial charge in [0.2, 0.25) is 0 Å². The lowest BCUT2D eigenvalue weighted by molar-refractivity contribution is 0.668. The molecule has 0 spiro atoms. The van der Waals surface area contributed by atoms with Crippen molar-refractivity contribution < 1.29 is 8.83 Å². The summed E-state index contributed by atoms with van der Waals surface area (Å²) in [6.45, 7) is 0. The molecule has 12 aromatic carbocycles. The summed E-state index contributed by atoms with van der Waals surface area (Å²) in [7, 11) is 0. The minimum Gasteiger partial charge on any atom is -0.455 e. The summed E-state index contributed by atoms with van der Waals surface area (Å²) in [5, 5.41) is 9.04. The van der Waals surface area contributed by atoms with Gasteiger partial charge in [-0.3, -0.25) is 0 Å². The van der Waals surface area contributed by atoms with E-state index in [2.05, 4.69) is 276 Å². The number of hydrogen-bond acceptors (Lipinski definition) is 3. The van der Waals surface area contributed by atoms with Crippen LogP contribution in [-0.4, -0.2) is 4.57 Å². The van der Waals surface area contributed by atoms with Crippen LogP contribution in [0.1, 0.15) is 22.3 Å². The van der Waals surface area contributed by atoms with Crippen LogP contribution in [0.15, 0.2) is 276 Å². The first-order chi connectivity index (χ1) is 37.2. The fraction of sp³-hybridized carbons (Fsp3) is 0.0141. The van der Waals surface area contributed by atoms with Crippen LogP contribution in [0.4, 0.5) is 17.1 Å². The van der Waals surface area contributed by atoms with Crippen molar-refractivity contribution in [3.8, 4) is 27.9 Å². The largest absolute Gasteiger partial charge is 0.455 e. The van der Waals surface area contributed by atoms with Gasteiger partial charge in [0, 0.05) is 54.8 Å². The summed E-state index contributed by atoms with van der Waals surface area (Å²) in [4.78, 5) is 2.47. The highest BCUT2D eigenvalue weighted by molar-refractivity contribution is 6.25. The van der Waals surface area contributed by atoms with Gasteiger partial charge in [0.15, 0.2) is 5.58 Å². The van der Waals surface area contributed by atoms with Crippen LogP contribution >= 0.6 is 0 Å². The molecule has 1 aliphatic carbocycles. The summed E-state index contributed by atoms with van der Waals surface area (Å²) < 4.78 is 17.0. The molecule has 0 fully saturated rings. The zero-order valence-electron chi connectivity index (χ0n) is 40.6. The number of hydrogen-bond donors (Lipinski definition) is 0. The second-order valence-corrected chi connectivity index (χ2v) is 19.9. The van der Waals surface area contributed by atoms with Gasteiger partial charge in [-0.05, 0) is 111 Å². The molecular formula is C71H44N2O2. The molecule has 75 heavy (non-hydrogen) atoms. The van der Waals surface area contributed by atoms with Gasteiger partial charge in [-0.15, -0.1) is 0 Å². The second-order valence-electron chi connectivity index (χ2n) is 19.9. The Bertz CT molecular complexity index is 4720. The zero-order chi connectivity index (χ0) is 49.2. The molecule has 1 aliphatic rings. The smallest absolute Gasteiger partial charge is 0.160 e. The van der Waals surface area contributed by atoms with Crippen LogP contribution in [0.2, 0.25) is 0 Å². The number of nitrogens with zero attached hydrogens (tertiary/aromatic N) is 2.